The summed E-state index contributed by atoms with van der Waals surface area (Å²) in [6, 6.07) is 11.5. The molecular formula is C17H17N3O2. The molecule has 0 atom stereocenters. The third-order valence-corrected chi connectivity index (χ3v) is 3.49. The van der Waals surface area contributed by atoms with E-state index in [9.17, 15) is 4.79 Å². The normalized spacial score (nSPS) is 10.8. The molecular weight excluding hydrogens is 278 g/mol. The van der Waals surface area contributed by atoms with E-state index in [1.165, 1.54) is 0 Å². The summed E-state index contributed by atoms with van der Waals surface area (Å²) in [5.41, 5.74) is 4.12. The fraction of sp³-hybridized carbons (Fsp3) is 0.176. The quantitative estimate of drug-likeness (QED) is 0.805. The van der Waals surface area contributed by atoms with Gasteiger partial charge < -0.3 is 10.1 Å². The van der Waals surface area contributed by atoms with Crippen LogP contribution in [0.3, 0.4) is 0 Å². The Kier molecular flexibility index (Phi) is 3.89. The van der Waals surface area contributed by atoms with Gasteiger partial charge >= 0.3 is 0 Å². The number of amides is 1. The monoisotopic (exact) mass is 295 g/mol. The predicted octanol–water partition coefficient (Wildman–Crippen LogP) is 3.04. The Hall–Kier alpha value is -2.66. The van der Waals surface area contributed by atoms with Crippen molar-refractivity contribution in [3.63, 3.8) is 0 Å². The van der Waals surface area contributed by atoms with Gasteiger partial charge in [-0.2, -0.15) is 5.10 Å². The zero-order valence-corrected chi connectivity index (χ0v) is 12.5. The zero-order chi connectivity index (χ0) is 15.5. The number of para-hydroxylation sites is 1. The summed E-state index contributed by atoms with van der Waals surface area (Å²) >= 11 is 0. The van der Waals surface area contributed by atoms with Crippen LogP contribution in [0.15, 0.2) is 48.8 Å². The highest BCUT2D eigenvalue weighted by Crippen LogP contribution is 2.19. The second-order valence-corrected chi connectivity index (χ2v) is 5.14. The Labute approximate surface area is 128 Å². The Morgan fingerprint density at radius 1 is 1.32 bits per heavy atom. The minimum absolute atomic E-state index is 0.177. The average molecular weight is 295 g/mol. The standard InChI is InChI=1S/C17H17N3O2/c1-12-7-8-20-16(9-12)14(10-18-20)17(21)19-15-6-4-3-5-13(15)11-22-2/h3-10H,11H2,1-2H3,(H,19,21). The highest BCUT2D eigenvalue weighted by molar-refractivity contribution is 6.09. The van der Waals surface area contributed by atoms with E-state index in [0.717, 1.165) is 22.3 Å². The molecule has 2 aromatic heterocycles. The Morgan fingerprint density at radius 3 is 2.95 bits per heavy atom. The van der Waals surface area contributed by atoms with E-state index in [1.807, 2.05) is 49.5 Å². The summed E-state index contributed by atoms with van der Waals surface area (Å²) in [5.74, 6) is -0.177. The van der Waals surface area contributed by atoms with Crippen molar-refractivity contribution in [2.45, 2.75) is 13.5 Å². The molecule has 0 bridgehead atoms. The smallest absolute Gasteiger partial charge is 0.259 e. The Balaban J connectivity index is 1.92. The van der Waals surface area contributed by atoms with Crippen molar-refractivity contribution < 1.29 is 9.53 Å². The molecule has 2 heterocycles. The minimum atomic E-state index is -0.177. The second kappa shape index (κ2) is 5.99. The molecule has 3 aromatic rings. The molecule has 22 heavy (non-hydrogen) atoms. The van der Waals surface area contributed by atoms with E-state index in [-0.39, 0.29) is 5.91 Å². The van der Waals surface area contributed by atoms with Crippen LogP contribution in [0.5, 0.6) is 0 Å². The molecule has 1 N–H and O–H groups in total. The number of carbonyl (C=O) groups is 1. The molecule has 0 spiro atoms. The predicted molar refractivity (Wildman–Crippen MR) is 85.0 cm³/mol. The van der Waals surface area contributed by atoms with Crippen molar-refractivity contribution >= 4 is 17.1 Å². The molecule has 0 unspecified atom stereocenters. The van der Waals surface area contributed by atoms with Gasteiger partial charge in [0.25, 0.3) is 5.91 Å². The Bertz CT molecular complexity index is 824. The molecule has 0 aliphatic carbocycles. The number of nitrogens with one attached hydrogen (secondary N) is 1. The van der Waals surface area contributed by atoms with E-state index in [1.54, 1.807) is 17.8 Å². The van der Waals surface area contributed by atoms with Crippen LogP contribution in [-0.2, 0) is 11.3 Å². The van der Waals surface area contributed by atoms with Crippen LogP contribution in [0.2, 0.25) is 0 Å². The number of hydrogen-bond donors (Lipinski definition) is 1. The van der Waals surface area contributed by atoms with Gasteiger partial charge in [-0.3, -0.25) is 4.79 Å². The molecule has 0 aliphatic rings. The SMILES string of the molecule is COCc1ccccc1NC(=O)c1cnn2ccc(C)cc12. The van der Waals surface area contributed by atoms with Crippen molar-refractivity contribution in [3.8, 4) is 0 Å². The first-order chi connectivity index (χ1) is 10.7. The molecule has 0 radical (unpaired) electrons. The van der Waals surface area contributed by atoms with E-state index in [2.05, 4.69) is 10.4 Å². The fourth-order valence-corrected chi connectivity index (χ4v) is 2.37. The van der Waals surface area contributed by atoms with Gasteiger partial charge in [0.1, 0.15) is 0 Å². The lowest BCUT2D eigenvalue weighted by atomic mass is 10.1. The molecule has 0 aliphatic heterocycles. The van der Waals surface area contributed by atoms with E-state index in [4.69, 9.17) is 4.74 Å². The van der Waals surface area contributed by atoms with Crippen LogP contribution in [0.4, 0.5) is 5.69 Å². The van der Waals surface area contributed by atoms with Gasteiger partial charge in [0.2, 0.25) is 0 Å². The average Bonchev–Trinajstić information content (AvgIpc) is 2.92. The number of methoxy groups -OCH3 is 1. The molecule has 5 nitrogen and oxygen atoms in total. The lowest BCUT2D eigenvalue weighted by Gasteiger charge is -2.10. The number of pyridine rings is 1. The molecule has 5 heteroatoms. The highest BCUT2D eigenvalue weighted by Gasteiger charge is 2.14. The topological polar surface area (TPSA) is 55.6 Å². The summed E-state index contributed by atoms with van der Waals surface area (Å²) in [4.78, 5) is 12.6. The van der Waals surface area contributed by atoms with E-state index in [0.29, 0.717) is 12.2 Å². The van der Waals surface area contributed by atoms with E-state index >= 15 is 0 Å². The minimum Gasteiger partial charge on any atom is -0.380 e. The van der Waals surface area contributed by atoms with Crippen LogP contribution >= 0.6 is 0 Å². The van der Waals surface area contributed by atoms with Crippen LogP contribution in [0.25, 0.3) is 5.52 Å². The lowest BCUT2D eigenvalue weighted by molar-refractivity contribution is 0.102. The first-order valence-electron chi connectivity index (χ1n) is 7.01. The van der Waals surface area contributed by atoms with Crippen molar-refractivity contribution in [3.05, 3.63) is 65.5 Å². The number of hydrogen-bond acceptors (Lipinski definition) is 3. The molecule has 3 rings (SSSR count). The van der Waals surface area contributed by atoms with Gasteiger partial charge in [0.15, 0.2) is 0 Å². The van der Waals surface area contributed by atoms with Gasteiger partial charge in [-0.1, -0.05) is 18.2 Å². The first kappa shape index (κ1) is 14.3. The van der Waals surface area contributed by atoms with Crippen LogP contribution in [-0.4, -0.2) is 22.6 Å². The lowest BCUT2D eigenvalue weighted by Crippen LogP contribution is -2.13. The fourth-order valence-electron chi connectivity index (χ4n) is 2.37. The van der Waals surface area contributed by atoms with Crippen molar-refractivity contribution in [2.24, 2.45) is 0 Å². The van der Waals surface area contributed by atoms with E-state index < -0.39 is 0 Å². The summed E-state index contributed by atoms with van der Waals surface area (Å²) in [6.45, 7) is 2.44. The van der Waals surface area contributed by atoms with Gasteiger partial charge in [-0.05, 0) is 30.7 Å². The molecule has 1 aromatic carbocycles. The summed E-state index contributed by atoms with van der Waals surface area (Å²) in [7, 11) is 1.63. The van der Waals surface area contributed by atoms with Crippen molar-refractivity contribution in [1.29, 1.82) is 0 Å². The third kappa shape index (κ3) is 2.71. The number of fused-ring (bicyclic) bond motifs is 1. The number of ether oxygens (including phenoxy) is 1. The Morgan fingerprint density at radius 2 is 2.14 bits per heavy atom. The maximum atomic E-state index is 12.6. The summed E-state index contributed by atoms with van der Waals surface area (Å²) < 4.78 is 6.86. The molecule has 1 amide bonds. The van der Waals surface area contributed by atoms with Crippen LogP contribution < -0.4 is 5.32 Å². The van der Waals surface area contributed by atoms with Gasteiger partial charge in [-0.15, -0.1) is 0 Å². The number of nitrogens with zero attached hydrogens (tertiary/aromatic N) is 2. The number of aryl methyl sites for hydroxylation is 1. The number of anilines is 1. The number of benzene rings is 1. The van der Waals surface area contributed by atoms with Gasteiger partial charge in [0.05, 0.1) is 23.9 Å². The maximum absolute atomic E-state index is 12.6. The largest absolute Gasteiger partial charge is 0.380 e. The highest BCUT2D eigenvalue weighted by atomic mass is 16.5. The first-order valence-corrected chi connectivity index (χ1v) is 7.01. The molecule has 0 fully saturated rings. The maximum Gasteiger partial charge on any atom is 0.259 e. The van der Waals surface area contributed by atoms with Crippen LogP contribution in [0, 0.1) is 6.92 Å². The molecule has 0 saturated heterocycles. The number of aromatic nitrogens is 2. The van der Waals surface area contributed by atoms with Crippen LogP contribution in [0.1, 0.15) is 21.5 Å². The zero-order valence-electron chi connectivity index (χ0n) is 12.5. The third-order valence-electron chi connectivity index (χ3n) is 3.49. The van der Waals surface area contributed by atoms with Crippen molar-refractivity contribution in [2.75, 3.05) is 12.4 Å². The number of carbonyl (C=O) groups excluding carboxylic acids is 1. The van der Waals surface area contributed by atoms with Gasteiger partial charge in [0, 0.05) is 24.6 Å². The summed E-state index contributed by atoms with van der Waals surface area (Å²) in [6.07, 6.45) is 3.43. The molecule has 0 saturated carbocycles. The van der Waals surface area contributed by atoms with Crippen molar-refractivity contribution in [1.82, 2.24) is 9.61 Å². The summed E-state index contributed by atoms with van der Waals surface area (Å²) in [5, 5.41) is 7.15. The molecule has 112 valence electrons. The number of rotatable bonds is 4. The van der Waals surface area contributed by atoms with Gasteiger partial charge in [-0.25, -0.2) is 4.52 Å². The second-order valence-electron chi connectivity index (χ2n) is 5.14.